The second kappa shape index (κ2) is 10.4. The van der Waals surface area contributed by atoms with Crippen LogP contribution in [0.15, 0.2) is 66.9 Å². The quantitative estimate of drug-likeness (QED) is 0.575. The molecule has 0 radical (unpaired) electrons. The molecule has 0 atom stereocenters. The van der Waals surface area contributed by atoms with Crippen LogP contribution >= 0.6 is 11.6 Å². The van der Waals surface area contributed by atoms with Gasteiger partial charge in [0, 0.05) is 38.1 Å². The van der Waals surface area contributed by atoms with E-state index in [4.69, 9.17) is 11.6 Å². The van der Waals surface area contributed by atoms with Crippen molar-refractivity contribution in [2.75, 3.05) is 48.3 Å². The first kappa shape index (κ1) is 22.7. The van der Waals surface area contributed by atoms with Crippen molar-refractivity contribution in [2.45, 2.75) is 0 Å². The lowest BCUT2D eigenvalue weighted by atomic mass is 10.1. The highest BCUT2D eigenvalue weighted by atomic mass is 35.5. The minimum atomic E-state index is -0.387. The third-order valence-electron chi connectivity index (χ3n) is 5.32. The molecule has 9 heteroatoms. The van der Waals surface area contributed by atoms with Crippen LogP contribution in [0, 0.1) is 5.82 Å². The highest BCUT2D eigenvalue weighted by molar-refractivity contribution is 6.30. The van der Waals surface area contributed by atoms with E-state index in [0.29, 0.717) is 35.1 Å². The molecule has 1 aliphatic rings. The highest BCUT2D eigenvalue weighted by Crippen LogP contribution is 2.19. The van der Waals surface area contributed by atoms with Crippen molar-refractivity contribution in [2.24, 2.45) is 0 Å². The van der Waals surface area contributed by atoms with Gasteiger partial charge >= 0.3 is 0 Å². The largest absolute Gasteiger partial charge is 0.354 e. The number of rotatable bonds is 6. The molecule has 3 aromatic rings. The van der Waals surface area contributed by atoms with E-state index in [1.54, 1.807) is 30.5 Å². The van der Waals surface area contributed by atoms with Gasteiger partial charge in [-0.2, -0.15) is 0 Å². The minimum Gasteiger partial charge on any atom is -0.354 e. The number of amides is 2. The van der Waals surface area contributed by atoms with Crippen molar-refractivity contribution >= 4 is 40.6 Å². The Labute approximate surface area is 196 Å². The average molecular weight is 468 g/mol. The molecule has 2 aromatic carbocycles. The van der Waals surface area contributed by atoms with E-state index in [-0.39, 0.29) is 24.2 Å². The van der Waals surface area contributed by atoms with Gasteiger partial charge in [0.05, 0.1) is 22.8 Å². The first-order valence-electron chi connectivity index (χ1n) is 10.5. The van der Waals surface area contributed by atoms with Crippen LogP contribution in [0.25, 0.3) is 0 Å². The maximum atomic E-state index is 13.1. The summed E-state index contributed by atoms with van der Waals surface area (Å²) in [7, 11) is 0. The van der Waals surface area contributed by atoms with E-state index in [0.717, 1.165) is 18.9 Å². The summed E-state index contributed by atoms with van der Waals surface area (Å²) in [6.07, 6.45) is 1.63. The van der Waals surface area contributed by atoms with E-state index < -0.39 is 0 Å². The number of nitrogens with zero attached hydrogens (tertiary/aromatic N) is 3. The number of anilines is 3. The van der Waals surface area contributed by atoms with Crippen molar-refractivity contribution in [1.29, 1.82) is 0 Å². The molecule has 2 amide bonds. The second-order valence-corrected chi connectivity index (χ2v) is 8.09. The van der Waals surface area contributed by atoms with Crippen molar-refractivity contribution in [3.8, 4) is 0 Å². The lowest BCUT2D eigenvalue weighted by Crippen LogP contribution is -2.49. The number of pyridine rings is 1. The monoisotopic (exact) mass is 467 g/mol. The maximum Gasteiger partial charge on any atom is 0.257 e. The number of hydrogen-bond donors (Lipinski definition) is 2. The summed E-state index contributed by atoms with van der Waals surface area (Å²) in [6.45, 7) is 3.14. The number of carbonyl (C=O) groups is 2. The minimum absolute atomic E-state index is 0.199. The molecule has 33 heavy (non-hydrogen) atoms. The van der Waals surface area contributed by atoms with E-state index in [1.165, 1.54) is 24.3 Å². The van der Waals surface area contributed by atoms with Gasteiger partial charge in [-0.25, -0.2) is 9.37 Å². The molecule has 170 valence electrons. The summed E-state index contributed by atoms with van der Waals surface area (Å²) in [6, 6.07) is 16.0. The van der Waals surface area contributed by atoms with Gasteiger partial charge in [0.1, 0.15) is 11.6 Å². The van der Waals surface area contributed by atoms with Gasteiger partial charge in [-0.1, -0.05) is 23.7 Å². The first-order chi connectivity index (χ1) is 16.0. The zero-order valence-corrected chi connectivity index (χ0v) is 18.6. The van der Waals surface area contributed by atoms with Crippen molar-refractivity contribution in [3.05, 3.63) is 83.3 Å². The summed E-state index contributed by atoms with van der Waals surface area (Å²) in [4.78, 5) is 33.9. The standard InChI is InChI=1S/C24H23ClFN5O2/c25-17-5-10-22(27-15-17)31-13-11-30(12-14-31)16-23(32)29-21-4-2-1-3-20(21)24(33)28-19-8-6-18(26)7-9-19/h1-10,15H,11-14,16H2,(H,28,33)(H,29,32). The Balaban J connectivity index is 1.32. The van der Waals surface area contributed by atoms with Crippen LogP contribution in [0.4, 0.5) is 21.6 Å². The Kier molecular flexibility index (Phi) is 7.16. The van der Waals surface area contributed by atoms with Gasteiger partial charge in [-0.15, -0.1) is 0 Å². The van der Waals surface area contributed by atoms with E-state index >= 15 is 0 Å². The molecular weight excluding hydrogens is 445 g/mol. The van der Waals surface area contributed by atoms with Crippen LogP contribution in [0.5, 0.6) is 0 Å². The Bertz CT molecular complexity index is 1120. The molecule has 0 aliphatic carbocycles. The number of carbonyl (C=O) groups excluding carboxylic acids is 2. The van der Waals surface area contributed by atoms with Crippen LogP contribution < -0.4 is 15.5 Å². The number of para-hydroxylation sites is 1. The average Bonchev–Trinajstić information content (AvgIpc) is 2.82. The molecule has 1 saturated heterocycles. The molecule has 2 heterocycles. The smallest absolute Gasteiger partial charge is 0.257 e. The molecule has 1 aliphatic heterocycles. The lowest BCUT2D eigenvalue weighted by molar-refractivity contribution is -0.117. The Morgan fingerprint density at radius 3 is 2.36 bits per heavy atom. The van der Waals surface area contributed by atoms with Crippen LogP contribution in [-0.2, 0) is 4.79 Å². The molecule has 7 nitrogen and oxygen atoms in total. The van der Waals surface area contributed by atoms with Gasteiger partial charge in [-0.05, 0) is 48.5 Å². The highest BCUT2D eigenvalue weighted by Gasteiger charge is 2.21. The van der Waals surface area contributed by atoms with Crippen LogP contribution in [0.3, 0.4) is 0 Å². The predicted molar refractivity (Wildman–Crippen MR) is 127 cm³/mol. The van der Waals surface area contributed by atoms with Gasteiger partial charge in [0.2, 0.25) is 5.91 Å². The number of aromatic nitrogens is 1. The number of hydrogen-bond acceptors (Lipinski definition) is 5. The SMILES string of the molecule is O=C(CN1CCN(c2ccc(Cl)cn2)CC1)Nc1ccccc1C(=O)Nc1ccc(F)cc1. The number of benzene rings is 2. The first-order valence-corrected chi connectivity index (χ1v) is 10.9. The summed E-state index contributed by atoms with van der Waals surface area (Å²) in [5.74, 6) is -0.104. The molecule has 1 fully saturated rings. The molecule has 0 bridgehead atoms. The Hall–Kier alpha value is -3.49. The molecule has 1 aromatic heterocycles. The molecular formula is C24H23ClFN5O2. The van der Waals surface area contributed by atoms with E-state index in [9.17, 15) is 14.0 Å². The van der Waals surface area contributed by atoms with E-state index in [1.807, 2.05) is 12.1 Å². The van der Waals surface area contributed by atoms with Crippen molar-refractivity contribution < 1.29 is 14.0 Å². The van der Waals surface area contributed by atoms with E-state index in [2.05, 4.69) is 25.4 Å². The van der Waals surface area contributed by atoms with Crippen LogP contribution in [0.2, 0.25) is 5.02 Å². The van der Waals surface area contributed by atoms with Gasteiger partial charge in [0.15, 0.2) is 0 Å². The third kappa shape index (κ3) is 6.06. The normalized spacial score (nSPS) is 14.1. The maximum absolute atomic E-state index is 13.1. The Morgan fingerprint density at radius 1 is 0.939 bits per heavy atom. The predicted octanol–water partition coefficient (Wildman–Crippen LogP) is 3.89. The molecule has 4 rings (SSSR count). The zero-order valence-electron chi connectivity index (χ0n) is 17.8. The third-order valence-corrected chi connectivity index (χ3v) is 5.55. The zero-order chi connectivity index (χ0) is 23.2. The van der Waals surface area contributed by atoms with Crippen molar-refractivity contribution in [1.82, 2.24) is 9.88 Å². The second-order valence-electron chi connectivity index (χ2n) is 7.65. The van der Waals surface area contributed by atoms with Gasteiger partial charge < -0.3 is 15.5 Å². The summed E-state index contributed by atoms with van der Waals surface area (Å²) >= 11 is 5.90. The Morgan fingerprint density at radius 2 is 1.67 bits per heavy atom. The van der Waals surface area contributed by atoms with Gasteiger partial charge in [-0.3, -0.25) is 14.5 Å². The molecule has 0 saturated carbocycles. The fraction of sp³-hybridized carbons (Fsp3) is 0.208. The summed E-state index contributed by atoms with van der Waals surface area (Å²) < 4.78 is 13.1. The molecule has 2 N–H and O–H groups in total. The fourth-order valence-electron chi connectivity index (χ4n) is 3.60. The molecule has 0 unspecified atom stereocenters. The molecule has 0 spiro atoms. The van der Waals surface area contributed by atoms with Crippen molar-refractivity contribution in [3.63, 3.8) is 0 Å². The summed E-state index contributed by atoms with van der Waals surface area (Å²) in [5.41, 5.74) is 1.22. The fourth-order valence-corrected chi connectivity index (χ4v) is 3.72. The van der Waals surface area contributed by atoms with Crippen LogP contribution in [0.1, 0.15) is 10.4 Å². The lowest BCUT2D eigenvalue weighted by Gasteiger charge is -2.35. The summed E-state index contributed by atoms with van der Waals surface area (Å²) in [5, 5.41) is 6.16. The van der Waals surface area contributed by atoms with Crippen LogP contribution in [-0.4, -0.2) is 54.4 Å². The number of nitrogens with one attached hydrogen (secondary N) is 2. The number of halogens is 2. The topological polar surface area (TPSA) is 77.6 Å². The number of piperazine rings is 1. The van der Waals surface area contributed by atoms with Gasteiger partial charge in [0.25, 0.3) is 5.91 Å².